The van der Waals surface area contributed by atoms with Crippen molar-refractivity contribution in [2.45, 2.75) is 30.8 Å². The molecule has 0 saturated carbocycles. The van der Waals surface area contributed by atoms with Crippen molar-refractivity contribution in [2.75, 3.05) is 26.2 Å². The molecule has 1 fully saturated rings. The van der Waals surface area contributed by atoms with Crippen LogP contribution in [0.5, 0.6) is 0 Å². The Hall–Kier alpha value is -2.22. The third kappa shape index (κ3) is 4.60. The number of amides is 1. The van der Waals surface area contributed by atoms with Gasteiger partial charge in [0.25, 0.3) is 5.91 Å². The number of nitrogens with two attached hydrogens (primary N) is 1. The summed E-state index contributed by atoms with van der Waals surface area (Å²) in [6, 6.07) is 18.5. The van der Waals surface area contributed by atoms with Crippen molar-refractivity contribution in [3.05, 3.63) is 66.2 Å². The molecule has 1 heterocycles. The van der Waals surface area contributed by atoms with Crippen LogP contribution >= 0.6 is 0 Å². The first-order valence-electron chi connectivity index (χ1n) is 9.63. The van der Waals surface area contributed by atoms with Crippen molar-refractivity contribution in [2.24, 2.45) is 0 Å². The molecule has 0 spiro atoms. The van der Waals surface area contributed by atoms with Crippen LogP contribution in [0.15, 0.2) is 65.6 Å². The van der Waals surface area contributed by atoms with E-state index in [9.17, 15) is 13.2 Å². The summed E-state index contributed by atoms with van der Waals surface area (Å²) in [6.07, 6.45) is 0. The largest absolute Gasteiger partial charge is 0.335 e. The normalized spacial score (nSPS) is 17.9. The fraction of sp³-hybridized carbons (Fsp3) is 0.381. The van der Waals surface area contributed by atoms with Crippen molar-refractivity contribution in [1.29, 1.82) is 0 Å². The van der Waals surface area contributed by atoms with Gasteiger partial charge in [-0.15, -0.1) is 0 Å². The van der Waals surface area contributed by atoms with Crippen LogP contribution < -0.4 is 5.32 Å². The second-order valence-corrected chi connectivity index (χ2v) is 9.16. The van der Waals surface area contributed by atoms with Crippen molar-refractivity contribution in [3.8, 4) is 0 Å². The number of carbonyl (C=O) groups is 1. The van der Waals surface area contributed by atoms with E-state index < -0.39 is 10.0 Å². The predicted octanol–water partition coefficient (Wildman–Crippen LogP) is 1.23. The molecular formula is C21H28N3O3S+. The molecule has 1 aliphatic rings. The number of hydrogen-bond donors (Lipinski definition) is 1. The molecule has 6 nitrogen and oxygen atoms in total. The second-order valence-electron chi connectivity index (χ2n) is 7.22. The third-order valence-corrected chi connectivity index (χ3v) is 7.14. The molecule has 0 bridgehead atoms. The highest BCUT2D eigenvalue weighted by Gasteiger charge is 2.32. The summed E-state index contributed by atoms with van der Waals surface area (Å²) in [6.45, 7) is 5.48. The quantitative estimate of drug-likeness (QED) is 0.790. The second kappa shape index (κ2) is 8.86. The lowest BCUT2D eigenvalue weighted by molar-refractivity contribution is -0.710. The Kier molecular flexibility index (Phi) is 6.49. The molecule has 0 aliphatic carbocycles. The fourth-order valence-corrected chi connectivity index (χ4v) is 5.00. The SMILES string of the molecule is C[C@H]([NH2+][C@H](C)c1ccccc1)C(=O)N1CCN(S(=O)(=O)c2ccccc2)CC1. The number of carbonyl (C=O) groups excluding carboxylic acids is 1. The molecule has 2 atom stereocenters. The monoisotopic (exact) mass is 402 g/mol. The lowest BCUT2D eigenvalue weighted by Gasteiger charge is -2.35. The Morgan fingerprint density at radius 1 is 0.893 bits per heavy atom. The lowest BCUT2D eigenvalue weighted by Crippen LogP contribution is -2.92. The van der Waals surface area contributed by atoms with Crippen LogP contribution in [-0.4, -0.2) is 55.8 Å². The fourth-order valence-electron chi connectivity index (χ4n) is 3.56. The molecule has 2 N–H and O–H groups in total. The van der Waals surface area contributed by atoms with Gasteiger partial charge in [-0.3, -0.25) is 4.79 Å². The first kappa shape index (κ1) is 20.5. The number of quaternary nitrogens is 1. The zero-order valence-corrected chi connectivity index (χ0v) is 17.2. The molecule has 2 aromatic rings. The van der Waals surface area contributed by atoms with E-state index in [2.05, 4.69) is 24.4 Å². The number of hydrogen-bond acceptors (Lipinski definition) is 3. The standard InChI is InChI=1S/C21H27N3O3S/c1-17(19-9-5-3-6-10-19)22-18(2)21(25)23-13-15-24(16-14-23)28(26,27)20-11-7-4-8-12-20/h3-12,17-18,22H,13-16H2,1-2H3/p+1/t17-,18+/m1/s1. The van der Waals surface area contributed by atoms with Gasteiger partial charge in [-0.1, -0.05) is 48.5 Å². The van der Waals surface area contributed by atoms with Crippen molar-refractivity contribution in [3.63, 3.8) is 0 Å². The van der Waals surface area contributed by atoms with Gasteiger partial charge in [-0.25, -0.2) is 8.42 Å². The lowest BCUT2D eigenvalue weighted by atomic mass is 10.1. The zero-order valence-electron chi connectivity index (χ0n) is 16.4. The molecule has 1 amide bonds. The molecule has 28 heavy (non-hydrogen) atoms. The minimum Gasteiger partial charge on any atom is -0.335 e. The van der Waals surface area contributed by atoms with E-state index in [-0.39, 0.29) is 18.0 Å². The van der Waals surface area contributed by atoms with Gasteiger partial charge in [-0.2, -0.15) is 4.31 Å². The Bertz CT molecular complexity index is 880. The van der Waals surface area contributed by atoms with Crippen LogP contribution in [0.25, 0.3) is 0 Å². The Morgan fingerprint density at radius 3 is 2.00 bits per heavy atom. The molecule has 1 aliphatic heterocycles. The summed E-state index contributed by atoms with van der Waals surface area (Å²) < 4.78 is 26.9. The van der Waals surface area contributed by atoms with Crippen LogP contribution in [0.2, 0.25) is 0 Å². The highest BCUT2D eigenvalue weighted by molar-refractivity contribution is 7.89. The average Bonchev–Trinajstić information content (AvgIpc) is 2.74. The highest BCUT2D eigenvalue weighted by atomic mass is 32.2. The van der Waals surface area contributed by atoms with Gasteiger partial charge in [0, 0.05) is 31.7 Å². The maximum absolute atomic E-state index is 12.8. The van der Waals surface area contributed by atoms with E-state index >= 15 is 0 Å². The van der Waals surface area contributed by atoms with Crippen molar-refractivity contribution < 1.29 is 18.5 Å². The van der Waals surface area contributed by atoms with E-state index in [0.29, 0.717) is 31.1 Å². The van der Waals surface area contributed by atoms with Gasteiger partial charge in [0.15, 0.2) is 6.04 Å². The van der Waals surface area contributed by atoms with E-state index in [0.717, 1.165) is 0 Å². The van der Waals surface area contributed by atoms with Crippen LogP contribution in [0.1, 0.15) is 25.5 Å². The van der Waals surface area contributed by atoms with Gasteiger partial charge in [-0.05, 0) is 26.0 Å². The third-order valence-electron chi connectivity index (χ3n) is 5.22. The Morgan fingerprint density at radius 2 is 1.43 bits per heavy atom. The molecule has 7 heteroatoms. The minimum absolute atomic E-state index is 0.0551. The highest BCUT2D eigenvalue weighted by Crippen LogP contribution is 2.17. The van der Waals surface area contributed by atoms with Crippen LogP contribution in [-0.2, 0) is 14.8 Å². The summed E-state index contributed by atoms with van der Waals surface area (Å²) in [5.74, 6) is 0.0551. The van der Waals surface area contributed by atoms with Gasteiger partial charge in [0.1, 0.15) is 6.04 Å². The number of rotatable bonds is 6. The molecule has 0 unspecified atom stereocenters. The molecular weight excluding hydrogens is 374 g/mol. The summed E-state index contributed by atoms with van der Waals surface area (Å²) in [4.78, 5) is 14.9. The average molecular weight is 403 g/mol. The van der Waals surface area contributed by atoms with E-state index in [4.69, 9.17) is 0 Å². The summed E-state index contributed by atoms with van der Waals surface area (Å²) in [7, 11) is -3.50. The Labute approximate surface area is 167 Å². The maximum Gasteiger partial charge on any atom is 0.280 e. The van der Waals surface area contributed by atoms with Gasteiger partial charge in [0.05, 0.1) is 4.90 Å². The molecule has 0 aromatic heterocycles. The first-order chi connectivity index (χ1) is 13.4. The molecule has 1 saturated heterocycles. The van der Waals surface area contributed by atoms with Gasteiger partial charge < -0.3 is 10.2 Å². The van der Waals surface area contributed by atoms with E-state index in [1.807, 2.05) is 25.1 Å². The number of sulfonamides is 1. The van der Waals surface area contributed by atoms with Crippen LogP contribution in [0.3, 0.4) is 0 Å². The topological polar surface area (TPSA) is 74.3 Å². The van der Waals surface area contributed by atoms with Gasteiger partial charge >= 0.3 is 0 Å². The smallest absolute Gasteiger partial charge is 0.280 e. The van der Waals surface area contributed by atoms with Crippen molar-refractivity contribution in [1.82, 2.24) is 9.21 Å². The molecule has 150 valence electrons. The number of nitrogens with zero attached hydrogens (tertiary/aromatic N) is 2. The van der Waals surface area contributed by atoms with Gasteiger partial charge in [0.2, 0.25) is 10.0 Å². The maximum atomic E-state index is 12.8. The van der Waals surface area contributed by atoms with Crippen LogP contribution in [0.4, 0.5) is 0 Å². The van der Waals surface area contributed by atoms with Crippen molar-refractivity contribution >= 4 is 15.9 Å². The summed E-state index contributed by atoms with van der Waals surface area (Å²) in [5, 5.41) is 2.06. The predicted molar refractivity (Wildman–Crippen MR) is 108 cm³/mol. The zero-order chi connectivity index (χ0) is 20.1. The summed E-state index contributed by atoms with van der Waals surface area (Å²) in [5.41, 5.74) is 1.18. The van der Waals surface area contributed by atoms with E-state index in [1.54, 1.807) is 35.2 Å². The van der Waals surface area contributed by atoms with Crippen LogP contribution in [0, 0.1) is 0 Å². The molecule has 3 rings (SSSR count). The molecule has 0 radical (unpaired) electrons. The Balaban J connectivity index is 1.56. The van der Waals surface area contributed by atoms with E-state index in [1.165, 1.54) is 9.87 Å². The molecule has 2 aromatic carbocycles. The first-order valence-corrected chi connectivity index (χ1v) is 11.1. The minimum atomic E-state index is -3.50. The number of benzene rings is 2. The number of piperazine rings is 1. The summed E-state index contributed by atoms with van der Waals surface area (Å²) >= 11 is 0.